The zero-order valence-corrected chi connectivity index (χ0v) is 14.2. The van der Waals surface area contributed by atoms with Crippen LogP contribution in [0.25, 0.3) is 0 Å². The molecule has 0 aromatic carbocycles. The maximum atomic E-state index is 5.83. The van der Waals surface area contributed by atoms with E-state index in [9.17, 15) is 0 Å². The molecule has 0 amide bonds. The highest BCUT2D eigenvalue weighted by Gasteiger charge is 2.30. The number of aliphatic imine (C=N–C) groups is 1. The van der Waals surface area contributed by atoms with Crippen LogP contribution in [0.1, 0.15) is 44.0 Å². The van der Waals surface area contributed by atoms with Gasteiger partial charge >= 0.3 is 0 Å². The number of aromatic nitrogens is 2. The molecular weight excluding hydrogens is 373 g/mol. The third kappa shape index (κ3) is 4.89. The molecule has 0 aliphatic carbocycles. The van der Waals surface area contributed by atoms with Gasteiger partial charge in [-0.2, -0.15) is 4.98 Å². The molecule has 2 heterocycles. The Labute approximate surface area is 135 Å². The van der Waals surface area contributed by atoms with Gasteiger partial charge in [0.15, 0.2) is 11.8 Å². The van der Waals surface area contributed by atoms with Crippen LogP contribution in [0.2, 0.25) is 0 Å². The molecule has 1 aliphatic rings. The van der Waals surface area contributed by atoms with Crippen LogP contribution in [0.15, 0.2) is 9.52 Å². The molecule has 2 atom stereocenters. The van der Waals surface area contributed by atoms with E-state index in [0.29, 0.717) is 24.2 Å². The largest absolute Gasteiger partial charge is 0.370 e. The molecule has 0 saturated carbocycles. The van der Waals surface area contributed by atoms with Crippen LogP contribution < -0.4 is 11.1 Å². The van der Waals surface area contributed by atoms with Crippen LogP contribution in [-0.2, 0) is 4.74 Å². The summed E-state index contributed by atoms with van der Waals surface area (Å²) in [6.45, 7) is 5.28. The van der Waals surface area contributed by atoms with Crippen LogP contribution in [-0.4, -0.2) is 35.3 Å². The fourth-order valence-electron chi connectivity index (χ4n) is 1.97. The van der Waals surface area contributed by atoms with E-state index in [1.165, 1.54) is 0 Å². The summed E-state index contributed by atoms with van der Waals surface area (Å²) >= 11 is 0. The minimum atomic E-state index is -0.105. The third-order valence-electron chi connectivity index (χ3n) is 2.95. The summed E-state index contributed by atoms with van der Waals surface area (Å²) in [4.78, 5) is 8.46. The lowest BCUT2D eigenvalue weighted by Crippen LogP contribution is -2.33. The minimum Gasteiger partial charge on any atom is -0.370 e. The van der Waals surface area contributed by atoms with Gasteiger partial charge in [0.05, 0.1) is 12.6 Å². The Hall–Kier alpha value is -0.900. The van der Waals surface area contributed by atoms with Crippen LogP contribution in [0.3, 0.4) is 0 Å². The van der Waals surface area contributed by atoms with Gasteiger partial charge in [0, 0.05) is 6.54 Å². The van der Waals surface area contributed by atoms with Gasteiger partial charge in [0.2, 0.25) is 0 Å². The zero-order chi connectivity index (χ0) is 13.7. The third-order valence-corrected chi connectivity index (χ3v) is 2.95. The van der Waals surface area contributed by atoms with Crippen molar-refractivity contribution in [3.63, 3.8) is 0 Å². The Morgan fingerprint density at radius 1 is 1.50 bits per heavy atom. The van der Waals surface area contributed by atoms with Gasteiger partial charge in [0.1, 0.15) is 6.10 Å². The molecule has 20 heavy (non-hydrogen) atoms. The number of ether oxygens (including phenoxy) is 1. The fraction of sp³-hybridized carbons (Fsp3) is 0.750. The fourth-order valence-corrected chi connectivity index (χ4v) is 1.97. The summed E-state index contributed by atoms with van der Waals surface area (Å²) in [6, 6.07) is 0. The molecule has 1 aromatic heterocycles. The van der Waals surface area contributed by atoms with E-state index >= 15 is 0 Å². The number of nitrogens with zero attached hydrogens (tertiary/aromatic N) is 3. The molecular formula is C12H22IN5O2. The first kappa shape index (κ1) is 17.2. The molecule has 3 N–H and O–H groups in total. The number of rotatable bonds is 5. The maximum Gasteiger partial charge on any atom is 0.255 e. The summed E-state index contributed by atoms with van der Waals surface area (Å²) in [5.74, 6) is 1.66. The predicted molar refractivity (Wildman–Crippen MR) is 86.1 cm³/mol. The van der Waals surface area contributed by atoms with Gasteiger partial charge in [-0.15, -0.1) is 24.0 Å². The summed E-state index contributed by atoms with van der Waals surface area (Å²) in [7, 11) is 0. The van der Waals surface area contributed by atoms with Crippen molar-refractivity contribution in [1.29, 1.82) is 0 Å². The molecule has 2 rings (SSSR count). The van der Waals surface area contributed by atoms with E-state index in [0.717, 1.165) is 25.8 Å². The molecule has 0 bridgehead atoms. The molecule has 114 valence electrons. The van der Waals surface area contributed by atoms with Gasteiger partial charge in [-0.3, -0.25) is 4.99 Å². The molecule has 0 radical (unpaired) electrons. The second-order valence-electron chi connectivity index (χ2n) is 4.66. The normalized spacial score (nSPS) is 22.6. The Bertz CT molecular complexity index is 437. The van der Waals surface area contributed by atoms with Crippen molar-refractivity contribution < 1.29 is 9.26 Å². The first-order chi connectivity index (χ1) is 9.19. The Morgan fingerprint density at radius 2 is 2.30 bits per heavy atom. The number of nitrogens with two attached hydrogens (primary N) is 1. The maximum absolute atomic E-state index is 5.83. The molecule has 8 heteroatoms. The standard InChI is InChI=1S/C12H21N5O2.HI/c1-3-6-14-12(13)15-7-9-4-5-10(18-9)11-16-8(2)17-19-11;/h9-10H,3-7H2,1-2H3,(H3,13,14,15);1H/t9-,10+;/m1./s1. The van der Waals surface area contributed by atoms with Crippen molar-refractivity contribution in [2.75, 3.05) is 13.1 Å². The zero-order valence-electron chi connectivity index (χ0n) is 11.8. The molecule has 7 nitrogen and oxygen atoms in total. The van der Waals surface area contributed by atoms with Gasteiger partial charge in [-0.1, -0.05) is 12.1 Å². The van der Waals surface area contributed by atoms with Crippen molar-refractivity contribution in [2.45, 2.75) is 45.3 Å². The van der Waals surface area contributed by atoms with Gasteiger partial charge in [-0.25, -0.2) is 0 Å². The van der Waals surface area contributed by atoms with E-state index in [2.05, 4.69) is 27.4 Å². The molecule has 1 fully saturated rings. The Balaban J connectivity index is 0.00000200. The number of aryl methyl sites for hydroxylation is 1. The van der Waals surface area contributed by atoms with Crippen LogP contribution in [0, 0.1) is 6.92 Å². The highest BCUT2D eigenvalue weighted by molar-refractivity contribution is 14.0. The summed E-state index contributed by atoms with van der Waals surface area (Å²) in [5, 5.41) is 6.80. The van der Waals surface area contributed by atoms with Crippen molar-refractivity contribution in [2.24, 2.45) is 10.7 Å². The lowest BCUT2D eigenvalue weighted by Gasteiger charge is -2.09. The highest BCUT2D eigenvalue weighted by Crippen LogP contribution is 2.31. The number of halogens is 1. The average molecular weight is 395 g/mol. The topological polar surface area (TPSA) is 98.6 Å². The van der Waals surface area contributed by atoms with Gasteiger partial charge in [-0.05, 0) is 26.2 Å². The van der Waals surface area contributed by atoms with Crippen molar-refractivity contribution in [1.82, 2.24) is 15.5 Å². The van der Waals surface area contributed by atoms with Crippen LogP contribution >= 0.6 is 24.0 Å². The predicted octanol–water partition coefficient (Wildman–Crippen LogP) is 1.53. The lowest BCUT2D eigenvalue weighted by molar-refractivity contribution is 0.0309. The summed E-state index contributed by atoms with van der Waals surface area (Å²) in [5.41, 5.74) is 5.73. The monoisotopic (exact) mass is 395 g/mol. The first-order valence-electron chi connectivity index (χ1n) is 6.68. The van der Waals surface area contributed by atoms with E-state index < -0.39 is 0 Å². The van der Waals surface area contributed by atoms with E-state index in [4.69, 9.17) is 15.0 Å². The Morgan fingerprint density at radius 3 is 2.95 bits per heavy atom. The summed E-state index contributed by atoms with van der Waals surface area (Å²) in [6.07, 6.45) is 2.79. The molecule has 1 aromatic rings. The van der Waals surface area contributed by atoms with E-state index in [1.807, 2.05) is 0 Å². The van der Waals surface area contributed by atoms with Crippen LogP contribution in [0.5, 0.6) is 0 Å². The van der Waals surface area contributed by atoms with Crippen molar-refractivity contribution >= 4 is 29.9 Å². The number of hydrogen-bond acceptors (Lipinski definition) is 5. The number of guanidine groups is 1. The summed E-state index contributed by atoms with van der Waals surface area (Å²) < 4.78 is 10.9. The van der Waals surface area contributed by atoms with E-state index in [1.54, 1.807) is 6.92 Å². The quantitative estimate of drug-likeness (QED) is 0.446. The number of hydrogen-bond donors (Lipinski definition) is 2. The molecule has 1 aliphatic heterocycles. The van der Waals surface area contributed by atoms with Crippen molar-refractivity contribution in [3.05, 3.63) is 11.7 Å². The lowest BCUT2D eigenvalue weighted by atomic mass is 10.2. The first-order valence-corrected chi connectivity index (χ1v) is 6.68. The molecule has 0 spiro atoms. The smallest absolute Gasteiger partial charge is 0.255 e. The minimum absolute atomic E-state index is 0. The van der Waals surface area contributed by atoms with Crippen molar-refractivity contribution in [3.8, 4) is 0 Å². The molecule has 0 unspecified atom stereocenters. The van der Waals surface area contributed by atoms with E-state index in [-0.39, 0.29) is 36.2 Å². The van der Waals surface area contributed by atoms with Gasteiger partial charge in [0.25, 0.3) is 5.89 Å². The second-order valence-corrected chi connectivity index (χ2v) is 4.66. The second kappa shape index (κ2) is 8.40. The SMILES string of the molecule is CCCNC(N)=NC[C@H]1CC[C@@H](c2nc(C)no2)O1.I. The Kier molecular flexibility index (Phi) is 7.20. The van der Waals surface area contributed by atoms with Gasteiger partial charge < -0.3 is 20.3 Å². The van der Waals surface area contributed by atoms with Crippen LogP contribution in [0.4, 0.5) is 0 Å². The molecule has 1 saturated heterocycles. The number of nitrogens with one attached hydrogen (secondary N) is 1. The highest BCUT2D eigenvalue weighted by atomic mass is 127. The average Bonchev–Trinajstić information content (AvgIpc) is 3.02.